The highest BCUT2D eigenvalue weighted by Crippen LogP contribution is 2.43. The smallest absolute Gasteiger partial charge is 0.192 e. The summed E-state index contributed by atoms with van der Waals surface area (Å²) in [6, 6.07) is 0. The third kappa shape index (κ3) is 7.65. The molecule has 152 valence electrons. The van der Waals surface area contributed by atoms with Crippen molar-refractivity contribution >= 4 is 25.7 Å². The summed E-state index contributed by atoms with van der Waals surface area (Å²) < 4.78 is 6.67. The molecule has 0 saturated heterocycles. The van der Waals surface area contributed by atoms with Crippen molar-refractivity contribution in [3.63, 3.8) is 0 Å². The number of hydrogen-bond donors (Lipinski definition) is 0. The SMILES string of the molecule is CCCC[C@H]1[C@H](O[Si](C)(C)C(C)(C)C)CC(=O)[C@@H]1CC#CC#CCCCCl. The van der Waals surface area contributed by atoms with Crippen molar-refractivity contribution in [2.45, 2.75) is 96.9 Å². The molecule has 1 rings (SSSR count). The molecular formula is C23H37ClO2Si. The molecule has 0 amide bonds. The van der Waals surface area contributed by atoms with E-state index >= 15 is 0 Å². The zero-order valence-electron chi connectivity index (χ0n) is 18.1. The molecular weight excluding hydrogens is 372 g/mol. The van der Waals surface area contributed by atoms with E-state index in [1.54, 1.807) is 0 Å². The second-order valence-corrected chi connectivity index (χ2v) is 14.2. The number of halogens is 1. The molecule has 1 aliphatic rings. The van der Waals surface area contributed by atoms with E-state index in [1.165, 1.54) is 0 Å². The molecule has 0 spiro atoms. The lowest BCUT2D eigenvalue weighted by molar-refractivity contribution is -0.121. The second-order valence-electron chi connectivity index (χ2n) is 9.10. The highest BCUT2D eigenvalue weighted by Gasteiger charge is 2.47. The molecule has 0 unspecified atom stereocenters. The van der Waals surface area contributed by atoms with Gasteiger partial charge < -0.3 is 4.43 Å². The lowest BCUT2D eigenvalue weighted by Gasteiger charge is -2.40. The molecule has 0 aromatic heterocycles. The average molecular weight is 409 g/mol. The van der Waals surface area contributed by atoms with Crippen LogP contribution in [-0.4, -0.2) is 26.1 Å². The van der Waals surface area contributed by atoms with Gasteiger partial charge in [0.05, 0.1) is 6.10 Å². The highest BCUT2D eigenvalue weighted by atomic mass is 35.5. The van der Waals surface area contributed by atoms with Gasteiger partial charge in [-0.25, -0.2) is 0 Å². The topological polar surface area (TPSA) is 26.3 Å². The zero-order valence-corrected chi connectivity index (χ0v) is 19.8. The number of unbranched alkanes of at least 4 members (excludes halogenated alkanes) is 2. The number of Topliss-reactive ketones (excluding diaryl/α,β-unsaturated/α-hetero) is 1. The summed E-state index contributed by atoms with van der Waals surface area (Å²) in [6.07, 6.45) is 6.22. The minimum Gasteiger partial charge on any atom is -0.413 e. The van der Waals surface area contributed by atoms with Crippen molar-refractivity contribution in [2.75, 3.05) is 5.88 Å². The monoisotopic (exact) mass is 408 g/mol. The van der Waals surface area contributed by atoms with Crippen LogP contribution in [0.4, 0.5) is 0 Å². The first kappa shape index (κ1) is 24.3. The molecule has 4 heteroatoms. The minimum absolute atomic E-state index is 0.00320. The van der Waals surface area contributed by atoms with Crippen molar-refractivity contribution in [1.82, 2.24) is 0 Å². The first-order chi connectivity index (χ1) is 12.6. The Morgan fingerprint density at radius 3 is 2.44 bits per heavy atom. The Labute approximate surface area is 173 Å². The van der Waals surface area contributed by atoms with Gasteiger partial charge in [-0.1, -0.05) is 52.4 Å². The van der Waals surface area contributed by atoms with Crippen molar-refractivity contribution in [1.29, 1.82) is 0 Å². The summed E-state index contributed by atoms with van der Waals surface area (Å²) in [5.41, 5.74) is 0. The summed E-state index contributed by atoms with van der Waals surface area (Å²) in [6.45, 7) is 13.5. The first-order valence-electron chi connectivity index (χ1n) is 10.4. The normalized spacial score (nSPS) is 22.8. The van der Waals surface area contributed by atoms with Gasteiger partial charge >= 0.3 is 0 Å². The lowest BCUT2D eigenvalue weighted by Crippen LogP contribution is -2.45. The number of ketones is 1. The summed E-state index contributed by atoms with van der Waals surface area (Å²) in [5.74, 6) is 13.2. The minimum atomic E-state index is -1.89. The molecule has 0 N–H and O–H groups in total. The number of rotatable bonds is 8. The van der Waals surface area contributed by atoms with Gasteiger partial charge in [-0.15, -0.1) is 11.6 Å². The Kier molecular flexibility index (Phi) is 10.2. The van der Waals surface area contributed by atoms with Gasteiger partial charge in [-0.3, -0.25) is 4.79 Å². The maximum absolute atomic E-state index is 12.7. The van der Waals surface area contributed by atoms with Crippen molar-refractivity contribution in [2.24, 2.45) is 11.8 Å². The Hall–Kier alpha value is -0.743. The van der Waals surface area contributed by atoms with E-state index in [0.29, 0.717) is 30.4 Å². The third-order valence-corrected chi connectivity index (χ3v) is 10.7. The van der Waals surface area contributed by atoms with Crippen LogP contribution < -0.4 is 0 Å². The summed E-state index contributed by atoms with van der Waals surface area (Å²) in [4.78, 5) is 12.7. The Balaban J connectivity index is 2.83. The van der Waals surface area contributed by atoms with Crippen molar-refractivity contribution < 1.29 is 9.22 Å². The molecule has 0 aromatic carbocycles. The van der Waals surface area contributed by atoms with E-state index in [-0.39, 0.29) is 17.1 Å². The predicted molar refractivity (Wildman–Crippen MR) is 118 cm³/mol. The van der Waals surface area contributed by atoms with E-state index in [9.17, 15) is 4.79 Å². The number of hydrogen-bond acceptors (Lipinski definition) is 2. The summed E-state index contributed by atoms with van der Waals surface area (Å²) >= 11 is 5.64. The molecule has 1 fully saturated rings. The van der Waals surface area contributed by atoms with Gasteiger partial charge in [0.25, 0.3) is 0 Å². The van der Waals surface area contributed by atoms with E-state index in [1.807, 2.05) is 0 Å². The van der Waals surface area contributed by atoms with Crippen LogP contribution >= 0.6 is 11.6 Å². The largest absolute Gasteiger partial charge is 0.413 e. The van der Waals surface area contributed by atoms with Crippen LogP contribution in [-0.2, 0) is 9.22 Å². The van der Waals surface area contributed by atoms with Gasteiger partial charge in [0.2, 0.25) is 0 Å². The molecule has 0 aliphatic heterocycles. The Bertz CT molecular complexity index is 598. The standard InChI is InChI=1S/C23H37ClO2Si/c1-7-8-15-20-19(16-13-11-9-10-12-14-17-24)21(25)18-22(20)26-27(5,6)23(2,3)4/h19-20,22H,7-8,12,14-18H2,1-6H3/t19-,20-,22-/m1/s1. The van der Waals surface area contributed by atoms with E-state index in [4.69, 9.17) is 16.0 Å². The van der Waals surface area contributed by atoms with Crippen LogP contribution in [0.25, 0.3) is 0 Å². The number of alkyl halides is 1. The third-order valence-electron chi connectivity index (χ3n) is 5.95. The Morgan fingerprint density at radius 1 is 1.19 bits per heavy atom. The molecule has 3 atom stereocenters. The fraction of sp³-hybridized carbons (Fsp3) is 0.783. The summed E-state index contributed by atoms with van der Waals surface area (Å²) in [5, 5.41) is 0.155. The molecule has 0 heterocycles. The quantitative estimate of drug-likeness (QED) is 0.207. The van der Waals surface area contributed by atoms with Crippen LogP contribution in [0.5, 0.6) is 0 Å². The van der Waals surface area contributed by atoms with Gasteiger partial charge in [0.15, 0.2) is 8.32 Å². The van der Waals surface area contributed by atoms with Crippen LogP contribution in [0, 0.1) is 35.5 Å². The highest BCUT2D eigenvalue weighted by molar-refractivity contribution is 6.74. The van der Waals surface area contributed by atoms with Crippen LogP contribution in [0.3, 0.4) is 0 Å². The fourth-order valence-electron chi connectivity index (χ4n) is 3.24. The van der Waals surface area contributed by atoms with Crippen LogP contribution in [0.2, 0.25) is 18.1 Å². The molecule has 0 bridgehead atoms. The molecule has 1 saturated carbocycles. The second kappa shape index (κ2) is 11.3. The molecule has 0 radical (unpaired) electrons. The molecule has 27 heavy (non-hydrogen) atoms. The van der Waals surface area contributed by atoms with Crippen LogP contribution in [0.1, 0.15) is 72.6 Å². The van der Waals surface area contributed by atoms with Gasteiger partial charge in [0, 0.05) is 31.1 Å². The zero-order chi connectivity index (χ0) is 20.5. The summed E-state index contributed by atoms with van der Waals surface area (Å²) in [7, 11) is -1.89. The Morgan fingerprint density at radius 2 is 1.85 bits per heavy atom. The van der Waals surface area contributed by atoms with Crippen LogP contribution in [0.15, 0.2) is 0 Å². The lowest BCUT2D eigenvalue weighted by atomic mass is 9.87. The number of carbonyl (C=O) groups excluding carboxylic acids is 1. The van der Waals surface area contributed by atoms with Gasteiger partial charge in [-0.2, -0.15) is 0 Å². The maximum Gasteiger partial charge on any atom is 0.192 e. The van der Waals surface area contributed by atoms with Crippen molar-refractivity contribution in [3.05, 3.63) is 0 Å². The predicted octanol–water partition coefficient (Wildman–Crippen LogP) is 6.19. The number of carbonyl (C=O) groups is 1. The van der Waals surface area contributed by atoms with Gasteiger partial charge in [-0.05, 0) is 48.7 Å². The average Bonchev–Trinajstić information content (AvgIpc) is 2.85. The van der Waals surface area contributed by atoms with E-state index in [0.717, 1.165) is 32.1 Å². The van der Waals surface area contributed by atoms with E-state index in [2.05, 4.69) is 64.5 Å². The maximum atomic E-state index is 12.7. The van der Waals surface area contributed by atoms with Crippen molar-refractivity contribution in [3.8, 4) is 23.7 Å². The fourth-order valence-corrected chi connectivity index (χ4v) is 4.74. The van der Waals surface area contributed by atoms with Gasteiger partial charge in [0.1, 0.15) is 5.78 Å². The molecule has 2 nitrogen and oxygen atoms in total. The molecule has 0 aromatic rings. The first-order valence-corrected chi connectivity index (χ1v) is 13.8. The molecule has 1 aliphatic carbocycles. The van der Waals surface area contributed by atoms with E-state index < -0.39 is 8.32 Å².